The van der Waals surface area contributed by atoms with E-state index in [2.05, 4.69) is 23.7 Å². The van der Waals surface area contributed by atoms with Gasteiger partial charge in [0.05, 0.1) is 18.7 Å². The maximum Gasteiger partial charge on any atom is 0.192 e. The zero-order valence-electron chi connectivity index (χ0n) is 8.99. The van der Waals surface area contributed by atoms with Gasteiger partial charge in [0.2, 0.25) is 0 Å². The van der Waals surface area contributed by atoms with Crippen LogP contribution in [0.5, 0.6) is 0 Å². The van der Waals surface area contributed by atoms with Crippen LogP contribution < -0.4 is 5.73 Å². The summed E-state index contributed by atoms with van der Waals surface area (Å²) in [5, 5.41) is 0. The van der Waals surface area contributed by atoms with Crippen molar-refractivity contribution in [2.24, 2.45) is 10.7 Å². The van der Waals surface area contributed by atoms with Crippen LogP contribution in [-0.2, 0) is 4.74 Å². The molecule has 0 aromatic carbocycles. The van der Waals surface area contributed by atoms with Gasteiger partial charge in [-0.25, -0.2) is 0 Å². The van der Waals surface area contributed by atoms with Crippen LogP contribution in [0.15, 0.2) is 4.99 Å². The minimum Gasteiger partial charge on any atom is -0.379 e. The summed E-state index contributed by atoms with van der Waals surface area (Å²) in [5.74, 6) is 0.686. The molecular weight excluding hydrogens is 178 g/mol. The topological polar surface area (TPSA) is 50.8 Å². The molecule has 0 bridgehead atoms. The van der Waals surface area contributed by atoms with Gasteiger partial charge in [-0.1, -0.05) is 0 Å². The van der Waals surface area contributed by atoms with Gasteiger partial charge in [-0.15, -0.1) is 0 Å². The van der Waals surface area contributed by atoms with Crippen molar-refractivity contribution in [2.75, 3.05) is 19.8 Å². The Morgan fingerprint density at radius 2 is 2.36 bits per heavy atom. The zero-order chi connectivity index (χ0) is 10.2. The smallest absolute Gasteiger partial charge is 0.192 e. The fourth-order valence-corrected chi connectivity index (χ4v) is 2.59. The van der Waals surface area contributed by atoms with E-state index >= 15 is 0 Å². The lowest BCUT2D eigenvalue weighted by Crippen LogP contribution is -2.58. The fraction of sp³-hybridized carbons (Fsp3) is 0.900. The van der Waals surface area contributed by atoms with Crippen molar-refractivity contribution < 1.29 is 4.74 Å². The third kappa shape index (κ3) is 1.38. The normalized spacial score (nSPS) is 32.8. The van der Waals surface area contributed by atoms with Crippen LogP contribution in [0.25, 0.3) is 0 Å². The van der Waals surface area contributed by atoms with Gasteiger partial charge in [0.15, 0.2) is 5.96 Å². The number of guanidine groups is 1. The highest BCUT2D eigenvalue weighted by Crippen LogP contribution is 2.31. The highest BCUT2D eigenvalue weighted by molar-refractivity contribution is 5.81. The molecule has 0 aromatic rings. The molecule has 2 rings (SSSR count). The Balaban J connectivity index is 2.19. The summed E-state index contributed by atoms with van der Waals surface area (Å²) in [6.45, 7) is 6.77. The molecule has 0 aliphatic carbocycles. The number of rotatable bonds is 1. The van der Waals surface area contributed by atoms with E-state index in [4.69, 9.17) is 10.5 Å². The molecule has 4 nitrogen and oxygen atoms in total. The molecule has 0 saturated carbocycles. The van der Waals surface area contributed by atoms with Crippen molar-refractivity contribution in [3.8, 4) is 0 Å². The Morgan fingerprint density at radius 3 is 2.93 bits per heavy atom. The Bertz CT molecular complexity index is 244. The Labute approximate surface area is 85.1 Å². The van der Waals surface area contributed by atoms with Crippen LogP contribution in [0.4, 0.5) is 0 Å². The molecule has 0 radical (unpaired) electrons. The van der Waals surface area contributed by atoms with E-state index in [-0.39, 0.29) is 5.54 Å². The van der Waals surface area contributed by atoms with Crippen molar-refractivity contribution in [3.63, 3.8) is 0 Å². The summed E-state index contributed by atoms with van der Waals surface area (Å²) in [5.41, 5.74) is 5.97. The first-order valence-corrected chi connectivity index (χ1v) is 5.33. The molecule has 1 spiro atoms. The van der Waals surface area contributed by atoms with Crippen molar-refractivity contribution in [3.05, 3.63) is 0 Å². The standard InChI is InChI=1S/C10H19N3O/c1-8(2)13-9(11)12-6-10(13)4-3-5-14-7-10/h8H,3-7H2,1-2H3,(H2,11,12). The molecule has 1 saturated heterocycles. The lowest BCUT2D eigenvalue weighted by atomic mass is 9.90. The molecule has 14 heavy (non-hydrogen) atoms. The average Bonchev–Trinajstić information content (AvgIpc) is 2.45. The van der Waals surface area contributed by atoms with Crippen LogP contribution in [-0.4, -0.2) is 42.2 Å². The molecule has 0 amide bonds. The monoisotopic (exact) mass is 197 g/mol. The van der Waals surface area contributed by atoms with Gasteiger partial charge < -0.3 is 15.4 Å². The maximum absolute atomic E-state index is 5.91. The Hall–Kier alpha value is -0.770. The van der Waals surface area contributed by atoms with Gasteiger partial charge in [0.25, 0.3) is 0 Å². The highest BCUT2D eigenvalue weighted by Gasteiger charge is 2.44. The zero-order valence-corrected chi connectivity index (χ0v) is 8.99. The van der Waals surface area contributed by atoms with Gasteiger partial charge >= 0.3 is 0 Å². The SMILES string of the molecule is CC(C)N1C(N)=NCC12CCCOC2. The first-order chi connectivity index (χ1) is 6.66. The van der Waals surface area contributed by atoms with Gasteiger partial charge in [-0.05, 0) is 26.7 Å². The van der Waals surface area contributed by atoms with Crippen LogP contribution in [0.3, 0.4) is 0 Å². The van der Waals surface area contributed by atoms with Gasteiger partial charge in [0, 0.05) is 12.6 Å². The number of aliphatic imine (C=N–C) groups is 1. The quantitative estimate of drug-likeness (QED) is 0.668. The Kier molecular flexibility index (Phi) is 2.39. The lowest BCUT2D eigenvalue weighted by Gasteiger charge is -2.43. The molecule has 1 atom stereocenters. The van der Waals surface area contributed by atoms with Gasteiger partial charge in [-0.3, -0.25) is 4.99 Å². The summed E-state index contributed by atoms with van der Waals surface area (Å²) in [7, 11) is 0. The predicted octanol–water partition coefficient (Wildman–Crippen LogP) is 0.574. The van der Waals surface area contributed by atoms with E-state index in [1.54, 1.807) is 0 Å². The molecule has 1 fully saturated rings. The van der Waals surface area contributed by atoms with Crippen LogP contribution >= 0.6 is 0 Å². The largest absolute Gasteiger partial charge is 0.379 e. The first-order valence-electron chi connectivity index (χ1n) is 5.33. The summed E-state index contributed by atoms with van der Waals surface area (Å²) < 4.78 is 5.57. The second-order valence-corrected chi connectivity index (χ2v) is 4.52. The molecular formula is C10H19N3O. The number of ether oxygens (including phenoxy) is 1. The molecule has 80 valence electrons. The number of nitrogens with two attached hydrogens (primary N) is 1. The maximum atomic E-state index is 5.91. The molecule has 4 heteroatoms. The minimum atomic E-state index is 0.0660. The van der Waals surface area contributed by atoms with E-state index in [1.165, 1.54) is 0 Å². The Morgan fingerprint density at radius 1 is 1.57 bits per heavy atom. The third-order valence-corrected chi connectivity index (χ3v) is 3.11. The number of nitrogens with zero attached hydrogens (tertiary/aromatic N) is 2. The number of hydrogen-bond acceptors (Lipinski definition) is 4. The molecule has 2 aliphatic heterocycles. The van der Waals surface area contributed by atoms with Gasteiger partial charge in [-0.2, -0.15) is 0 Å². The summed E-state index contributed by atoms with van der Waals surface area (Å²) >= 11 is 0. The van der Waals surface area contributed by atoms with Crippen LogP contribution in [0.1, 0.15) is 26.7 Å². The number of hydrogen-bond donors (Lipinski definition) is 1. The van der Waals surface area contributed by atoms with E-state index < -0.39 is 0 Å². The summed E-state index contributed by atoms with van der Waals surface area (Å²) in [6, 6.07) is 0.406. The van der Waals surface area contributed by atoms with E-state index in [0.29, 0.717) is 12.0 Å². The molecule has 1 unspecified atom stereocenters. The van der Waals surface area contributed by atoms with Crippen LogP contribution in [0.2, 0.25) is 0 Å². The summed E-state index contributed by atoms with van der Waals surface area (Å²) in [6.07, 6.45) is 2.27. The van der Waals surface area contributed by atoms with Crippen molar-refractivity contribution in [1.82, 2.24) is 4.90 Å². The first kappa shape index (κ1) is 9.77. The van der Waals surface area contributed by atoms with Gasteiger partial charge in [0.1, 0.15) is 0 Å². The van der Waals surface area contributed by atoms with Crippen molar-refractivity contribution >= 4 is 5.96 Å². The van der Waals surface area contributed by atoms with Crippen molar-refractivity contribution in [1.29, 1.82) is 0 Å². The minimum absolute atomic E-state index is 0.0660. The summed E-state index contributed by atoms with van der Waals surface area (Å²) in [4.78, 5) is 6.58. The molecule has 2 N–H and O–H groups in total. The average molecular weight is 197 g/mol. The van der Waals surface area contributed by atoms with E-state index in [9.17, 15) is 0 Å². The third-order valence-electron chi connectivity index (χ3n) is 3.11. The second kappa shape index (κ2) is 3.42. The highest BCUT2D eigenvalue weighted by atomic mass is 16.5. The molecule has 2 heterocycles. The van der Waals surface area contributed by atoms with E-state index in [1.807, 2.05) is 0 Å². The second-order valence-electron chi connectivity index (χ2n) is 4.52. The van der Waals surface area contributed by atoms with Crippen molar-refractivity contribution in [2.45, 2.75) is 38.3 Å². The fourth-order valence-electron chi connectivity index (χ4n) is 2.59. The van der Waals surface area contributed by atoms with Crippen LogP contribution in [0, 0.1) is 0 Å². The molecule has 2 aliphatic rings. The van der Waals surface area contributed by atoms with E-state index in [0.717, 1.165) is 32.6 Å². The molecule has 0 aromatic heterocycles. The predicted molar refractivity (Wildman–Crippen MR) is 56.2 cm³/mol. The lowest BCUT2D eigenvalue weighted by molar-refractivity contribution is -0.0180.